The molecule has 3 rings (SSSR count). The van der Waals surface area contributed by atoms with Crippen molar-refractivity contribution in [2.24, 2.45) is 0 Å². The predicted octanol–water partition coefficient (Wildman–Crippen LogP) is 1.98. The van der Waals surface area contributed by atoms with Gasteiger partial charge < -0.3 is 15.2 Å². The van der Waals surface area contributed by atoms with E-state index in [1.54, 1.807) is 42.5 Å². The van der Waals surface area contributed by atoms with E-state index in [4.69, 9.17) is 4.74 Å². The number of pyridine rings is 2. The van der Waals surface area contributed by atoms with E-state index in [0.29, 0.717) is 10.9 Å². The normalized spacial score (nSPS) is 11.7. The fourth-order valence-corrected chi connectivity index (χ4v) is 2.43. The summed E-state index contributed by atoms with van der Waals surface area (Å²) >= 11 is 0. The summed E-state index contributed by atoms with van der Waals surface area (Å²) in [7, 11) is 1.24. The number of nitrogens with zero attached hydrogens (tertiary/aromatic N) is 2. The summed E-state index contributed by atoms with van der Waals surface area (Å²) in [5.74, 6) is -1.67. The van der Waals surface area contributed by atoms with E-state index in [2.05, 4.69) is 15.3 Å². The summed E-state index contributed by atoms with van der Waals surface area (Å²) < 4.78 is 4.76. The van der Waals surface area contributed by atoms with Gasteiger partial charge in [-0.1, -0.05) is 30.3 Å². The van der Waals surface area contributed by atoms with Gasteiger partial charge in [0.05, 0.1) is 7.11 Å². The lowest BCUT2D eigenvalue weighted by molar-refractivity contribution is -0.143. The second-order valence-electron chi connectivity index (χ2n) is 5.24. The lowest BCUT2D eigenvalue weighted by atomic mass is 10.1. The summed E-state index contributed by atoms with van der Waals surface area (Å²) in [5.41, 5.74) is 0.606. The molecular formula is C18H15N3O4. The SMILES string of the molecule is COC(=O)C(NC(=O)c1ncc2cccnc2c1O)c1ccccc1. The van der Waals surface area contributed by atoms with Crippen LogP contribution in [-0.2, 0) is 9.53 Å². The summed E-state index contributed by atoms with van der Waals surface area (Å²) in [4.78, 5) is 32.6. The number of methoxy groups -OCH3 is 1. The van der Waals surface area contributed by atoms with Crippen molar-refractivity contribution in [3.63, 3.8) is 0 Å². The molecule has 0 saturated carbocycles. The highest BCUT2D eigenvalue weighted by atomic mass is 16.5. The second kappa shape index (κ2) is 6.96. The molecule has 0 aliphatic rings. The second-order valence-corrected chi connectivity index (χ2v) is 5.24. The molecule has 126 valence electrons. The molecule has 2 heterocycles. The van der Waals surface area contributed by atoms with Gasteiger partial charge in [0.25, 0.3) is 5.91 Å². The van der Waals surface area contributed by atoms with E-state index < -0.39 is 17.9 Å². The number of fused-ring (bicyclic) bond motifs is 1. The number of esters is 1. The van der Waals surface area contributed by atoms with Gasteiger partial charge in [0.1, 0.15) is 5.52 Å². The fraction of sp³-hybridized carbons (Fsp3) is 0.111. The Morgan fingerprint density at radius 2 is 1.88 bits per heavy atom. The highest BCUT2D eigenvalue weighted by Crippen LogP contribution is 2.25. The van der Waals surface area contributed by atoms with Gasteiger partial charge in [0, 0.05) is 17.8 Å². The molecule has 2 N–H and O–H groups in total. The van der Waals surface area contributed by atoms with Crippen LogP contribution in [0.5, 0.6) is 5.75 Å². The standard InChI is InChI=1S/C18H15N3O4/c1-25-18(24)14(11-6-3-2-4-7-11)21-17(23)15-16(22)13-12(10-20-15)8-5-9-19-13/h2-10,14,22H,1H3,(H,21,23). The van der Waals surface area contributed by atoms with Gasteiger partial charge in [-0.15, -0.1) is 0 Å². The quantitative estimate of drug-likeness (QED) is 0.706. The minimum Gasteiger partial charge on any atom is -0.504 e. The van der Waals surface area contributed by atoms with Crippen molar-refractivity contribution < 1.29 is 19.4 Å². The third-order valence-electron chi connectivity index (χ3n) is 3.68. The fourth-order valence-electron chi connectivity index (χ4n) is 2.43. The molecule has 0 spiro atoms. The van der Waals surface area contributed by atoms with Crippen LogP contribution < -0.4 is 5.32 Å². The molecule has 7 heteroatoms. The number of aromatic nitrogens is 2. The maximum atomic E-state index is 12.5. The zero-order valence-corrected chi connectivity index (χ0v) is 13.3. The van der Waals surface area contributed by atoms with E-state index in [1.807, 2.05) is 0 Å². The molecule has 1 unspecified atom stereocenters. The highest BCUT2D eigenvalue weighted by molar-refractivity contribution is 6.01. The Hall–Kier alpha value is -3.48. The smallest absolute Gasteiger partial charge is 0.333 e. The zero-order chi connectivity index (χ0) is 17.8. The molecule has 0 aliphatic heterocycles. The Balaban J connectivity index is 1.94. The summed E-state index contributed by atoms with van der Waals surface area (Å²) in [6.45, 7) is 0. The minimum atomic E-state index is -1.01. The molecule has 0 bridgehead atoms. The van der Waals surface area contributed by atoms with E-state index >= 15 is 0 Å². The third-order valence-corrected chi connectivity index (χ3v) is 3.68. The zero-order valence-electron chi connectivity index (χ0n) is 13.3. The summed E-state index contributed by atoms with van der Waals surface area (Å²) in [5, 5.41) is 13.4. The first kappa shape index (κ1) is 16.4. The number of aromatic hydroxyl groups is 1. The Bertz CT molecular complexity index is 928. The average molecular weight is 337 g/mol. The first-order chi connectivity index (χ1) is 12.1. The summed E-state index contributed by atoms with van der Waals surface area (Å²) in [6.07, 6.45) is 2.94. The molecule has 1 atom stereocenters. The number of benzene rings is 1. The maximum absolute atomic E-state index is 12.5. The molecule has 25 heavy (non-hydrogen) atoms. The van der Waals surface area contributed by atoms with Gasteiger partial charge >= 0.3 is 5.97 Å². The number of hydrogen-bond donors (Lipinski definition) is 2. The van der Waals surface area contributed by atoms with Crippen LogP contribution in [0.3, 0.4) is 0 Å². The number of carbonyl (C=O) groups excluding carboxylic acids is 2. The van der Waals surface area contributed by atoms with Crippen molar-refractivity contribution in [2.45, 2.75) is 6.04 Å². The topological polar surface area (TPSA) is 101 Å². The van der Waals surface area contributed by atoms with Gasteiger partial charge in [-0.25, -0.2) is 9.78 Å². The van der Waals surface area contributed by atoms with Crippen LogP contribution in [0.1, 0.15) is 22.1 Å². The van der Waals surface area contributed by atoms with Crippen LogP contribution in [0.15, 0.2) is 54.9 Å². The number of carbonyl (C=O) groups is 2. The Kier molecular flexibility index (Phi) is 4.56. The maximum Gasteiger partial charge on any atom is 0.333 e. The highest BCUT2D eigenvalue weighted by Gasteiger charge is 2.26. The van der Waals surface area contributed by atoms with Crippen molar-refractivity contribution >= 4 is 22.8 Å². The molecule has 0 radical (unpaired) electrons. The number of ether oxygens (including phenoxy) is 1. The summed E-state index contributed by atoms with van der Waals surface area (Å²) in [6, 6.07) is 11.1. The van der Waals surface area contributed by atoms with Crippen LogP contribution in [0, 0.1) is 0 Å². The molecule has 2 aromatic heterocycles. The van der Waals surface area contributed by atoms with E-state index in [0.717, 1.165) is 0 Å². The molecule has 1 aromatic carbocycles. The van der Waals surface area contributed by atoms with Gasteiger partial charge in [0.15, 0.2) is 17.5 Å². The Labute approximate surface area is 143 Å². The largest absolute Gasteiger partial charge is 0.504 e. The predicted molar refractivity (Wildman–Crippen MR) is 89.9 cm³/mol. The van der Waals surface area contributed by atoms with Crippen molar-refractivity contribution in [3.8, 4) is 5.75 Å². The van der Waals surface area contributed by atoms with E-state index in [1.165, 1.54) is 19.5 Å². The lowest BCUT2D eigenvalue weighted by Crippen LogP contribution is -2.35. The van der Waals surface area contributed by atoms with Gasteiger partial charge in [-0.2, -0.15) is 0 Å². The van der Waals surface area contributed by atoms with Gasteiger partial charge in [-0.3, -0.25) is 9.78 Å². The van der Waals surface area contributed by atoms with Crippen molar-refractivity contribution in [1.29, 1.82) is 0 Å². The monoisotopic (exact) mass is 337 g/mol. The third kappa shape index (κ3) is 3.25. The van der Waals surface area contributed by atoms with Crippen molar-refractivity contribution in [2.75, 3.05) is 7.11 Å². The lowest BCUT2D eigenvalue weighted by Gasteiger charge is -2.17. The van der Waals surface area contributed by atoms with Crippen LogP contribution in [0.4, 0.5) is 0 Å². The first-order valence-corrected chi connectivity index (χ1v) is 7.48. The van der Waals surface area contributed by atoms with E-state index in [-0.39, 0.29) is 17.0 Å². The van der Waals surface area contributed by atoms with Crippen molar-refractivity contribution in [1.82, 2.24) is 15.3 Å². The van der Waals surface area contributed by atoms with E-state index in [9.17, 15) is 14.7 Å². The number of hydrogen-bond acceptors (Lipinski definition) is 6. The van der Waals surface area contributed by atoms with Gasteiger partial charge in [-0.05, 0) is 17.7 Å². The number of rotatable bonds is 4. The van der Waals surface area contributed by atoms with Crippen LogP contribution in [-0.4, -0.2) is 34.1 Å². The average Bonchev–Trinajstić information content (AvgIpc) is 2.66. The molecule has 0 aliphatic carbocycles. The van der Waals surface area contributed by atoms with Crippen molar-refractivity contribution in [3.05, 3.63) is 66.1 Å². The van der Waals surface area contributed by atoms with Gasteiger partial charge in [0.2, 0.25) is 0 Å². The first-order valence-electron chi connectivity index (χ1n) is 7.48. The molecule has 0 fully saturated rings. The molecule has 1 amide bonds. The minimum absolute atomic E-state index is 0.212. The Morgan fingerprint density at radius 3 is 2.60 bits per heavy atom. The Morgan fingerprint density at radius 1 is 1.12 bits per heavy atom. The molecular weight excluding hydrogens is 322 g/mol. The van der Waals surface area contributed by atoms with Crippen LogP contribution in [0.25, 0.3) is 10.9 Å². The molecule has 3 aromatic rings. The molecule has 7 nitrogen and oxygen atoms in total. The molecule has 0 saturated heterocycles. The van der Waals surface area contributed by atoms with Crippen LogP contribution in [0.2, 0.25) is 0 Å². The number of nitrogens with one attached hydrogen (secondary N) is 1. The van der Waals surface area contributed by atoms with Crippen LogP contribution >= 0.6 is 0 Å². The number of amides is 1.